The maximum atomic E-state index is 12.2. The minimum atomic E-state index is -3.47. The van der Waals surface area contributed by atoms with E-state index in [0.29, 0.717) is 24.5 Å². The van der Waals surface area contributed by atoms with Crippen LogP contribution in [0.25, 0.3) is 22.2 Å². The maximum Gasteiger partial charge on any atom is 0.301 e. The zero-order chi connectivity index (χ0) is 19.2. The van der Waals surface area contributed by atoms with Crippen LogP contribution in [0.3, 0.4) is 0 Å². The van der Waals surface area contributed by atoms with E-state index in [1.165, 1.54) is 4.31 Å². The number of aromatic nitrogens is 1. The molecule has 0 bridgehead atoms. The fraction of sp³-hybridized carbons (Fsp3) is 0.263. The summed E-state index contributed by atoms with van der Waals surface area (Å²) < 4.78 is 35.8. The highest BCUT2D eigenvalue weighted by Crippen LogP contribution is 2.38. The van der Waals surface area contributed by atoms with Crippen LogP contribution >= 0.6 is 0 Å². The van der Waals surface area contributed by atoms with Crippen LogP contribution < -0.4 is 19.5 Å². The number of anilines is 2. The van der Waals surface area contributed by atoms with E-state index in [4.69, 9.17) is 10.5 Å². The Morgan fingerprint density at radius 3 is 2.70 bits per heavy atom. The summed E-state index contributed by atoms with van der Waals surface area (Å²) in [4.78, 5) is 0. The van der Waals surface area contributed by atoms with Gasteiger partial charge in [-0.25, -0.2) is 0 Å². The van der Waals surface area contributed by atoms with Gasteiger partial charge in [-0.1, -0.05) is 12.1 Å². The molecule has 4 rings (SSSR count). The van der Waals surface area contributed by atoms with Crippen molar-refractivity contribution in [3.8, 4) is 17.0 Å². The number of fused-ring (bicyclic) bond motifs is 1. The molecule has 1 saturated heterocycles. The fourth-order valence-corrected chi connectivity index (χ4v) is 4.90. The number of rotatable bonds is 4. The predicted octanol–water partition coefficient (Wildman–Crippen LogP) is 2.57. The highest BCUT2D eigenvalue weighted by molar-refractivity contribution is 7.91. The molecule has 1 aromatic heterocycles. The first-order valence-electron chi connectivity index (χ1n) is 8.79. The standard InChI is InChI=1S/C19H22N4O3S/c1-3-22-17-12-15(26-2)7-8-16(17)18(20)19(22)13-5-4-6-14(11-13)23-10-9-21-27(23,24)25/h4-8,11-12,21H,3,9-10,20H2,1-2H3. The van der Waals surface area contributed by atoms with E-state index in [9.17, 15) is 8.42 Å². The summed E-state index contributed by atoms with van der Waals surface area (Å²) in [5, 5.41) is 0.952. The number of nitrogens with two attached hydrogens (primary N) is 1. The molecule has 2 aromatic carbocycles. The third-order valence-corrected chi connectivity index (χ3v) is 6.47. The summed E-state index contributed by atoms with van der Waals surface area (Å²) in [6, 6.07) is 13.3. The summed E-state index contributed by atoms with van der Waals surface area (Å²) in [6.07, 6.45) is 0. The molecule has 0 unspecified atom stereocenters. The van der Waals surface area contributed by atoms with Crippen LogP contribution in [0, 0.1) is 0 Å². The van der Waals surface area contributed by atoms with Gasteiger partial charge in [0.2, 0.25) is 0 Å². The molecule has 0 saturated carbocycles. The van der Waals surface area contributed by atoms with Crippen LogP contribution in [-0.4, -0.2) is 33.2 Å². The van der Waals surface area contributed by atoms with Crippen molar-refractivity contribution in [3.63, 3.8) is 0 Å². The monoisotopic (exact) mass is 386 g/mol. The number of nitrogens with one attached hydrogen (secondary N) is 1. The van der Waals surface area contributed by atoms with E-state index in [-0.39, 0.29) is 0 Å². The summed E-state index contributed by atoms with van der Waals surface area (Å²) >= 11 is 0. The number of aryl methyl sites for hydroxylation is 1. The molecule has 0 radical (unpaired) electrons. The largest absolute Gasteiger partial charge is 0.497 e. The van der Waals surface area contributed by atoms with E-state index >= 15 is 0 Å². The molecular formula is C19H22N4O3S. The third-order valence-electron chi connectivity index (χ3n) is 4.92. The van der Waals surface area contributed by atoms with Crippen LogP contribution in [0.15, 0.2) is 42.5 Å². The van der Waals surface area contributed by atoms with Gasteiger partial charge in [0.1, 0.15) is 5.75 Å². The molecule has 1 aliphatic heterocycles. The van der Waals surface area contributed by atoms with Crippen molar-refractivity contribution in [2.75, 3.05) is 30.2 Å². The normalized spacial score (nSPS) is 16.1. The van der Waals surface area contributed by atoms with Gasteiger partial charge < -0.3 is 15.0 Å². The number of nitrogen functional groups attached to an aromatic ring is 1. The summed E-state index contributed by atoms with van der Waals surface area (Å²) in [6.45, 7) is 3.60. The number of ether oxygens (including phenoxy) is 1. The second-order valence-corrected chi connectivity index (χ2v) is 8.09. The van der Waals surface area contributed by atoms with Crippen molar-refractivity contribution < 1.29 is 13.2 Å². The average Bonchev–Trinajstić information content (AvgIpc) is 3.17. The number of benzene rings is 2. The summed E-state index contributed by atoms with van der Waals surface area (Å²) in [5.41, 5.74) is 10.5. The van der Waals surface area contributed by atoms with Gasteiger partial charge in [-0.05, 0) is 31.2 Å². The topological polar surface area (TPSA) is 89.6 Å². The van der Waals surface area contributed by atoms with Gasteiger partial charge in [-0.2, -0.15) is 13.1 Å². The fourth-order valence-electron chi connectivity index (χ4n) is 3.67. The number of nitrogens with zero attached hydrogens (tertiary/aromatic N) is 2. The van der Waals surface area contributed by atoms with Gasteiger partial charge in [0.05, 0.1) is 29.7 Å². The SMILES string of the molecule is CCn1c(-c2cccc(N3CCNS3(=O)=O)c2)c(N)c2ccc(OC)cc21. The molecule has 0 atom stereocenters. The average molecular weight is 386 g/mol. The Balaban J connectivity index is 1.90. The highest BCUT2D eigenvalue weighted by atomic mass is 32.2. The van der Waals surface area contributed by atoms with E-state index in [2.05, 4.69) is 16.2 Å². The quantitative estimate of drug-likeness (QED) is 0.721. The Hall–Kier alpha value is -2.71. The smallest absolute Gasteiger partial charge is 0.301 e. The van der Waals surface area contributed by atoms with Gasteiger partial charge >= 0.3 is 10.2 Å². The van der Waals surface area contributed by atoms with Crippen LogP contribution in [0.4, 0.5) is 11.4 Å². The maximum absolute atomic E-state index is 12.2. The molecule has 3 aromatic rings. The van der Waals surface area contributed by atoms with Gasteiger partial charge in [-0.15, -0.1) is 0 Å². The molecule has 0 spiro atoms. The van der Waals surface area contributed by atoms with Gasteiger partial charge in [0, 0.05) is 36.7 Å². The lowest BCUT2D eigenvalue weighted by Gasteiger charge is -2.17. The first-order valence-corrected chi connectivity index (χ1v) is 10.2. The predicted molar refractivity (Wildman–Crippen MR) is 108 cm³/mol. The van der Waals surface area contributed by atoms with Gasteiger partial charge in [0.25, 0.3) is 0 Å². The lowest BCUT2D eigenvalue weighted by molar-refractivity contribution is 0.415. The molecule has 27 heavy (non-hydrogen) atoms. The van der Waals surface area contributed by atoms with Crippen molar-refractivity contribution in [2.45, 2.75) is 13.5 Å². The van der Waals surface area contributed by atoms with Crippen molar-refractivity contribution in [1.29, 1.82) is 0 Å². The Morgan fingerprint density at radius 1 is 1.22 bits per heavy atom. The van der Waals surface area contributed by atoms with Crippen molar-refractivity contribution in [3.05, 3.63) is 42.5 Å². The first kappa shape index (κ1) is 17.7. The Morgan fingerprint density at radius 2 is 2.04 bits per heavy atom. The van der Waals surface area contributed by atoms with Crippen LogP contribution in [0.1, 0.15) is 6.92 Å². The lowest BCUT2D eigenvalue weighted by atomic mass is 10.1. The molecule has 2 heterocycles. The molecule has 3 N–H and O–H groups in total. The number of hydrogen-bond donors (Lipinski definition) is 2. The number of hydrogen-bond acceptors (Lipinski definition) is 4. The van der Waals surface area contributed by atoms with Gasteiger partial charge in [0.15, 0.2) is 0 Å². The minimum absolute atomic E-state index is 0.406. The summed E-state index contributed by atoms with van der Waals surface area (Å²) in [7, 11) is -1.83. The third kappa shape index (κ3) is 2.81. The molecule has 1 fully saturated rings. The molecule has 7 nitrogen and oxygen atoms in total. The van der Waals surface area contributed by atoms with Crippen molar-refractivity contribution in [1.82, 2.24) is 9.29 Å². The molecule has 1 aliphatic rings. The van der Waals surface area contributed by atoms with Crippen LogP contribution in [0.2, 0.25) is 0 Å². The molecular weight excluding hydrogens is 364 g/mol. The van der Waals surface area contributed by atoms with E-state index in [1.807, 2.05) is 36.4 Å². The zero-order valence-electron chi connectivity index (χ0n) is 15.3. The van der Waals surface area contributed by atoms with E-state index in [1.54, 1.807) is 13.2 Å². The molecule has 0 aliphatic carbocycles. The van der Waals surface area contributed by atoms with Crippen molar-refractivity contribution >= 4 is 32.5 Å². The van der Waals surface area contributed by atoms with E-state index < -0.39 is 10.2 Å². The van der Waals surface area contributed by atoms with Crippen LogP contribution in [0.5, 0.6) is 5.75 Å². The van der Waals surface area contributed by atoms with E-state index in [0.717, 1.165) is 34.5 Å². The lowest BCUT2D eigenvalue weighted by Crippen LogP contribution is -2.29. The molecule has 8 heteroatoms. The Kier molecular flexibility index (Phi) is 4.24. The second-order valence-electron chi connectivity index (χ2n) is 6.41. The molecule has 142 valence electrons. The van der Waals surface area contributed by atoms with Crippen LogP contribution in [-0.2, 0) is 16.8 Å². The highest BCUT2D eigenvalue weighted by Gasteiger charge is 2.28. The summed E-state index contributed by atoms with van der Waals surface area (Å²) in [5.74, 6) is 0.768. The minimum Gasteiger partial charge on any atom is -0.497 e. The Labute approximate surface area is 158 Å². The molecule has 0 amide bonds. The van der Waals surface area contributed by atoms with Crippen molar-refractivity contribution in [2.24, 2.45) is 0 Å². The van der Waals surface area contributed by atoms with Gasteiger partial charge in [-0.3, -0.25) is 4.31 Å². The zero-order valence-corrected chi connectivity index (χ0v) is 16.1. The second kappa shape index (κ2) is 6.47. The first-order chi connectivity index (χ1) is 13.0. The Bertz CT molecular complexity index is 1120. The number of methoxy groups -OCH3 is 1.